The molecule has 0 amide bonds. The Morgan fingerprint density at radius 2 is 1.06 bits per heavy atom. The lowest BCUT2D eigenvalue weighted by Crippen LogP contribution is -2.67. The third kappa shape index (κ3) is 3.82. The molecule has 3 aromatic carbocycles. The molecule has 0 bridgehead atoms. The summed E-state index contributed by atoms with van der Waals surface area (Å²) < 4.78 is 3.18. The molecule has 10 nitrogen and oxygen atoms in total. The molecule has 1 heterocycles. The Kier molecular flexibility index (Phi) is 5.95. The van der Waals surface area contributed by atoms with E-state index in [0.29, 0.717) is 13.0 Å². The summed E-state index contributed by atoms with van der Waals surface area (Å²) in [5, 5.41) is 33.6. The van der Waals surface area contributed by atoms with Crippen molar-refractivity contribution in [2.24, 2.45) is 0 Å². The minimum absolute atomic E-state index is 0.0371. The second kappa shape index (κ2) is 8.87. The maximum Gasteiger partial charge on any atom is 0.377 e. The molecule has 0 fully saturated rings. The van der Waals surface area contributed by atoms with Gasteiger partial charge in [0.15, 0.2) is 0 Å². The predicted molar refractivity (Wildman–Crippen MR) is 129 cm³/mol. The van der Waals surface area contributed by atoms with Crippen molar-refractivity contribution in [1.29, 1.82) is 0 Å². The van der Waals surface area contributed by atoms with E-state index in [4.69, 9.17) is 0 Å². The van der Waals surface area contributed by atoms with Crippen LogP contribution in [0.2, 0.25) is 0 Å². The van der Waals surface area contributed by atoms with Gasteiger partial charge in [0.2, 0.25) is 0 Å². The quantitative estimate of drug-likeness (QED) is 0.238. The van der Waals surface area contributed by atoms with Crippen LogP contribution in [0.25, 0.3) is 5.47 Å². The van der Waals surface area contributed by atoms with E-state index in [1.54, 1.807) is 36.4 Å². The zero-order chi connectivity index (χ0) is 24.5. The number of rotatable bonds is 6. The Morgan fingerprint density at radius 1 is 0.676 bits per heavy atom. The maximum atomic E-state index is 11.2. The van der Waals surface area contributed by atoms with E-state index < -0.39 is 21.1 Å². The van der Waals surface area contributed by atoms with Gasteiger partial charge in [-0.25, -0.2) is 0 Å². The molecule has 4 rings (SSSR count). The lowest BCUT2D eigenvalue weighted by Gasteiger charge is -2.50. The average Bonchev–Trinajstić information content (AvgIpc) is 2.84. The number of hydrogen-bond acceptors (Lipinski definition) is 6. The first-order chi connectivity index (χ1) is 16.2. The standard InChI is InChI=1S/C23H20BN3O7/c1-34-16-2-3-23(17-4-10-20(11-5-17)25(28)29)24(34,18-6-12-21(13-7-18)26(30)31)19-8-14-22(15-9-19)27(32)33/h3-15H,2,16H2,1H3. The summed E-state index contributed by atoms with van der Waals surface area (Å²) >= 11 is 0. The fourth-order valence-corrected chi connectivity index (χ4v) is 4.84. The van der Waals surface area contributed by atoms with Crippen LogP contribution in [0.15, 0.2) is 78.9 Å². The zero-order valence-electron chi connectivity index (χ0n) is 18.2. The minimum atomic E-state index is -1.94. The number of non-ortho nitro benzene ring substituents is 3. The zero-order valence-corrected chi connectivity index (χ0v) is 18.2. The van der Waals surface area contributed by atoms with Crippen molar-refractivity contribution >= 4 is 39.8 Å². The summed E-state index contributed by atoms with van der Waals surface area (Å²) in [5.74, 6) is 0. The summed E-state index contributed by atoms with van der Waals surface area (Å²) in [5.41, 5.74) is 2.99. The van der Waals surface area contributed by atoms with Gasteiger partial charge in [0.1, 0.15) is 6.61 Å². The number of nitro groups is 3. The Labute approximate surface area is 194 Å². The van der Waals surface area contributed by atoms with Gasteiger partial charge in [-0.15, -0.1) is 22.5 Å². The van der Waals surface area contributed by atoms with Gasteiger partial charge in [-0.2, -0.15) is 0 Å². The first-order valence-electron chi connectivity index (χ1n) is 10.5. The molecule has 0 aliphatic carbocycles. The van der Waals surface area contributed by atoms with E-state index in [-0.39, 0.29) is 17.1 Å². The molecule has 3 aromatic rings. The second-order valence-electron chi connectivity index (χ2n) is 8.13. The summed E-state index contributed by atoms with van der Waals surface area (Å²) in [6.07, 6.45) is 0.803. The molecule has 0 aromatic heterocycles. The van der Waals surface area contributed by atoms with Crippen molar-refractivity contribution in [2.75, 3.05) is 13.7 Å². The monoisotopic (exact) mass is 461 g/mol. The molecule has 0 N–H and O–H groups in total. The third-order valence-corrected chi connectivity index (χ3v) is 6.40. The van der Waals surface area contributed by atoms with Gasteiger partial charge >= 0.3 is 6.35 Å². The summed E-state index contributed by atoms with van der Waals surface area (Å²) in [4.78, 5) is 32.2. The van der Waals surface area contributed by atoms with E-state index >= 15 is 0 Å². The summed E-state index contributed by atoms with van der Waals surface area (Å²) in [6, 6.07) is 18.7. The normalized spacial score (nSPS) is 15.4. The molecule has 11 heteroatoms. The molecule has 0 radical (unpaired) electrons. The van der Waals surface area contributed by atoms with Crippen LogP contribution in [0.1, 0.15) is 12.0 Å². The van der Waals surface area contributed by atoms with Crippen LogP contribution in [0, 0.1) is 30.3 Å². The van der Waals surface area contributed by atoms with Gasteiger partial charge in [0.25, 0.3) is 17.1 Å². The highest BCUT2D eigenvalue weighted by Crippen LogP contribution is 2.36. The van der Waals surface area contributed by atoms with Gasteiger partial charge in [0.05, 0.1) is 21.9 Å². The fraction of sp³-hybridized carbons (Fsp3) is 0.130. The van der Waals surface area contributed by atoms with Crippen LogP contribution < -0.4 is 10.9 Å². The highest BCUT2D eigenvalue weighted by atomic mass is 16.6. The summed E-state index contributed by atoms with van der Waals surface area (Å²) in [7, 11) is 1.86. The Morgan fingerprint density at radius 3 is 1.44 bits per heavy atom. The molecule has 0 unspecified atom stereocenters. The van der Waals surface area contributed by atoms with E-state index in [9.17, 15) is 30.3 Å². The lowest BCUT2D eigenvalue weighted by molar-refractivity contribution is -0.385. The highest BCUT2D eigenvalue weighted by molar-refractivity contribution is 7.11. The molecular weight excluding hydrogens is 441 g/mol. The van der Waals surface area contributed by atoms with E-state index in [2.05, 4.69) is 10.4 Å². The third-order valence-electron chi connectivity index (χ3n) is 6.40. The summed E-state index contributed by atoms with van der Waals surface area (Å²) in [6.45, 7) is 0.602. The van der Waals surface area contributed by atoms with E-state index in [1.807, 2.05) is 7.11 Å². The Hall–Kier alpha value is -4.38. The van der Waals surface area contributed by atoms with Crippen LogP contribution in [0.3, 0.4) is 0 Å². The molecule has 1 aliphatic heterocycles. The second-order valence-corrected chi connectivity index (χ2v) is 8.13. The van der Waals surface area contributed by atoms with Crippen LogP contribution in [0.5, 0.6) is 0 Å². The smallest absolute Gasteiger partial charge is 0.377 e. The molecule has 172 valence electrons. The molecule has 34 heavy (non-hydrogen) atoms. The van der Waals surface area contributed by atoms with Gasteiger partial charge in [-0.1, -0.05) is 42.0 Å². The van der Waals surface area contributed by atoms with Crippen LogP contribution in [-0.2, 0) is 4.28 Å². The molecule has 0 atom stereocenters. The highest BCUT2D eigenvalue weighted by Gasteiger charge is 2.47. The topological polar surface area (TPSA) is 132 Å². The Balaban J connectivity index is 1.97. The maximum absolute atomic E-state index is 11.2. The number of nitro benzene ring substituents is 3. The van der Waals surface area contributed by atoms with Crippen molar-refractivity contribution in [2.45, 2.75) is 6.42 Å². The van der Waals surface area contributed by atoms with Gasteiger partial charge in [-0.3, -0.25) is 30.3 Å². The first kappa shape index (κ1) is 22.8. The first-order valence-corrected chi connectivity index (χ1v) is 10.5. The number of benzene rings is 3. The van der Waals surface area contributed by atoms with Crippen molar-refractivity contribution in [1.82, 2.24) is 0 Å². The largest absolute Gasteiger partial charge is 0.662 e. The molecule has 0 spiro atoms. The van der Waals surface area contributed by atoms with Gasteiger partial charge in [0, 0.05) is 42.8 Å². The van der Waals surface area contributed by atoms with Crippen LogP contribution >= 0.6 is 0 Å². The number of nitrogens with zero attached hydrogens (tertiary/aromatic N) is 3. The predicted octanol–water partition coefficient (Wildman–Crippen LogP) is 3.68. The molecule has 0 saturated carbocycles. The fourth-order valence-electron chi connectivity index (χ4n) is 4.84. The molecular formula is C23H20BN3O7. The van der Waals surface area contributed by atoms with Crippen LogP contribution in [0.4, 0.5) is 17.1 Å². The molecule has 1 aliphatic rings. The molecule has 0 saturated heterocycles. The van der Waals surface area contributed by atoms with Crippen molar-refractivity contribution in [3.63, 3.8) is 0 Å². The van der Waals surface area contributed by atoms with Crippen molar-refractivity contribution in [3.05, 3.63) is 115 Å². The average molecular weight is 461 g/mol. The van der Waals surface area contributed by atoms with E-state index in [0.717, 1.165) is 22.0 Å². The van der Waals surface area contributed by atoms with E-state index in [1.165, 1.54) is 36.4 Å². The lowest BCUT2D eigenvalue weighted by atomic mass is 9.26. The minimum Gasteiger partial charge on any atom is -0.662 e. The van der Waals surface area contributed by atoms with Crippen LogP contribution in [-0.4, -0.2) is 34.8 Å². The number of hydrogen-bond donors (Lipinski definition) is 0. The van der Waals surface area contributed by atoms with Gasteiger partial charge in [-0.05, 0) is 0 Å². The SMILES string of the molecule is C[O+]1CCC=C(c2ccc([N+](=O)[O-])cc2)[B-]1(c1ccc([N+](=O)[O-])cc1)c1ccc([N+](=O)[O-])cc1. The van der Waals surface area contributed by atoms with Crippen molar-refractivity contribution in [3.8, 4) is 0 Å². The van der Waals surface area contributed by atoms with Crippen molar-refractivity contribution < 1.29 is 19.1 Å². The van der Waals surface area contributed by atoms with Gasteiger partial charge < -0.3 is 4.28 Å². The Bertz CT molecular complexity index is 1230.